The van der Waals surface area contributed by atoms with E-state index in [1.165, 1.54) is 39.8 Å². The van der Waals surface area contributed by atoms with Crippen molar-refractivity contribution in [2.75, 3.05) is 6.26 Å². The quantitative estimate of drug-likeness (QED) is 0.189. The average Bonchev–Trinajstić information content (AvgIpc) is 3.19. The maximum absolute atomic E-state index is 13.6. The standard InChI is InChI=1S/C46H76O13S/c1-13-35-18-16-14-15-17-28(4)43(51)45(11,53)44(52)33(9)41(50)32(8)40(49)31(7)39(48)27(3)19-22-38(47)56-42-30(6)36(21-20-35)57-46(34(42)10)24-23-26(2)37(58-46)25-29(5)59-60(12,54)55/h14-16,18-19,22,26-37,39,41-43,48,50-51,53H,13,17,20-21,23-25H2,1-12H3/b15-14+,18-16+,22-19+/t26-,27-,28+,29+,30+,31-,32-,33-,34-,35-,36-,37-,39+,41+,42+,43-,45+,46-/m0/s1. The Balaban J connectivity index is 2.00. The largest absolute Gasteiger partial charge is 0.458 e. The molecule has 344 valence electrons. The fraction of sp³-hybridized carbons (Fsp3) is 0.804. The van der Waals surface area contributed by atoms with Gasteiger partial charge >= 0.3 is 5.97 Å². The highest BCUT2D eigenvalue weighted by Gasteiger charge is 2.56. The molecule has 0 saturated carbocycles. The molecule has 0 unspecified atom stereocenters. The number of rotatable bonds is 5. The lowest BCUT2D eigenvalue weighted by Gasteiger charge is -2.55. The van der Waals surface area contributed by atoms with Crippen molar-refractivity contribution in [1.29, 1.82) is 0 Å². The molecule has 2 saturated heterocycles. The highest BCUT2D eigenvalue weighted by atomic mass is 32.2. The van der Waals surface area contributed by atoms with Crippen molar-refractivity contribution in [1.82, 2.24) is 0 Å². The van der Waals surface area contributed by atoms with Crippen molar-refractivity contribution in [2.24, 2.45) is 53.3 Å². The molecule has 18 atom stereocenters. The van der Waals surface area contributed by atoms with Crippen LogP contribution in [-0.4, -0.2) is 107 Å². The van der Waals surface area contributed by atoms with Crippen LogP contribution in [0.2, 0.25) is 0 Å². The van der Waals surface area contributed by atoms with Crippen LogP contribution in [0, 0.1) is 53.3 Å². The summed E-state index contributed by atoms with van der Waals surface area (Å²) in [5, 5.41) is 44.8. The number of fused-ring (bicyclic) bond motifs is 2. The van der Waals surface area contributed by atoms with Crippen LogP contribution in [-0.2, 0) is 42.9 Å². The summed E-state index contributed by atoms with van der Waals surface area (Å²) in [4.78, 5) is 40.7. The molecule has 0 amide bonds. The number of carbonyl (C=O) groups is 3. The number of hydrogen-bond donors (Lipinski definition) is 4. The molecule has 13 nitrogen and oxygen atoms in total. The Labute approximate surface area is 359 Å². The summed E-state index contributed by atoms with van der Waals surface area (Å²) >= 11 is 0. The maximum Gasteiger partial charge on any atom is 0.330 e. The molecule has 1 spiro atoms. The van der Waals surface area contributed by atoms with E-state index in [2.05, 4.69) is 19.9 Å². The average molecular weight is 869 g/mol. The maximum atomic E-state index is 13.6. The van der Waals surface area contributed by atoms with E-state index in [1.807, 2.05) is 32.1 Å². The summed E-state index contributed by atoms with van der Waals surface area (Å²) in [6, 6.07) is 0. The number of ether oxygens (including phenoxy) is 3. The Morgan fingerprint density at radius 1 is 0.867 bits per heavy atom. The minimum absolute atomic E-state index is 0.0861. The SMILES string of the molecule is CC[C@H]1/C=C/C=C/C[C@@H](C)[C@H](O)[C@@](C)(O)C(=O)[C@@H](C)[C@H](O)[C@@H](C)C(=O)[C@@H](C)[C@H](O)[C@@H](C)/C=C/C(=O)O[C@@H]2[C@H](C)[C@H](CC1)O[C@]1(CC[C@H](C)[C@H](C[C@@H](C)OS(C)(=O)=O)O1)[C@H]2C. The third kappa shape index (κ3) is 13.1. The lowest BCUT2D eigenvalue weighted by molar-refractivity contribution is -0.371. The van der Waals surface area contributed by atoms with Gasteiger partial charge in [-0.15, -0.1) is 0 Å². The summed E-state index contributed by atoms with van der Waals surface area (Å²) in [6.45, 7) is 18.8. The van der Waals surface area contributed by atoms with Gasteiger partial charge in [0.25, 0.3) is 10.1 Å². The van der Waals surface area contributed by atoms with Crippen LogP contribution in [0.1, 0.15) is 121 Å². The first-order valence-electron chi connectivity index (χ1n) is 22.1. The van der Waals surface area contributed by atoms with Crippen molar-refractivity contribution in [2.45, 2.75) is 175 Å². The van der Waals surface area contributed by atoms with Gasteiger partial charge in [-0.2, -0.15) is 8.42 Å². The fourth-order valence-corrected chi connectivity index (χ4v) is 10.0. The van der Waals surface area contributed by atoms with E-state index in [0.29, 0.717) is 25.7 Å². The highest BCUT2D eigenvalue weighted by Crippen LogP contribution is 2.49. The van der Waals surface area contributed by atoms with Crippen molar-refractivity contribution in [3.8, 4) is 0 Å². The number of allylic oxidation sites excluding steroid dienone is 4. The Kier molecular flexibility index (Phi) is 19.0. The van der Waals surface area contributed by atoms with Crippen LogP contribution >= 0.6 is 0 Å². The first kappa shape index (κ1) is 52.0. The van der Waals surface area contributed by atoms with Gasteiger partial charge in [-0.3, -0.25) is 13.8 Å². The molecule has 0 aromatic heterocycles. The zero-order valence-corrected chi connectivity index (χ0v) is 38.8. The van der Waals surface area contributed by atoms with E-state index in [-0.39, 0.29) is 30.0 Å². The molecule has 0 aromatic carbocycles. The number of hydrogen-bond acceptors (Lipinski definition) is 13. The van der Waals surface area contributed by atoms with Gasteiger partial charge in [-0.1, -0.05) is 92.7 Å². The molecular weight excluding hydrogens is 793 g/mol. The fourth-order valence-electron chi connectivity index (χ4n) is 9.34. The summed E-state index contributed by atoms with van der Waals surface area (Å²) in [5.41, 5.74) is -2.20. The molecule has 4 N–H and O–H groups in total. The number of ketones is 2. The molecule has 2 bridgehead atoms. The zero-order chi connectivity index (χ0) is 45.5. The van der Waals surface area contributed by atoms with E-state index in [0.717, 1.165) is 25.5 Å². The Morgan fingerprint density at radius 3 is 2.12 bits per heavy atom. The monoisotopic (exact) mass is 869 g/mol. The van der Waals surface area contributed by atoms with Gasteiger partial charge in [-0.05, 0) is 63.7 Å². The van der Waals surface area contributed by atoms with E-state index in [9.17, 15) is 43.2 Å². The molecule has 3 heterocycles. The number of aliphatic hydroxyl groups excluding tert-OH is 3. The normalized spacial score (nSPS) is 44.7. The van der Waals surface area contributed by atoms with Gasteiger partial charge < -0.3 is 34.6 Å². The van der Waals surface area contributed by atoms with Gasteiger partial charge in [-0.25, -0.2) is 4.79 Å². The zero-order valence-electron chi connectivity index (χ0n) is 38.0. The number of esters is 1. The molecule has 0 radical (unpaired) electrons. The Morgan fingerprint density at radius 2 is 1.50 bits per heavy atom. The summed E-state index contributed by atoms with van der Waals surface area (Å²) in [5.74, 6) is -7.95. The molecule has 3 rings (SSSR count). The van der Waals surface area contributed by atoms with Crippen LogP contribution in [0.15, 0.2) is 36.5 Å². The number of Topliss-reactive ketones (excluding diaryl/α,β-unsaturated/α-hetero) is 2. The molecule has 3 aliphatic rings. The lowest BCUT2D eigenvalue weighted by Crippen LogP contribution is -2.62. The van der Waals surface area contributed by atoms with Crippen LogP contribution in [0.5, 0.6) is 0 Å². The Bertz CT molecular complexity index is 1640. The minimum atomic E-state index is -3.68. The van der Waals surface area contributed by atoms with Gasteiger partial charge in [0.05, 0.1) is 42.9 Å². The van der Waals surface area contributed by atoms with Crippen molar-refractivity contribution in [3.63, 3.8) is 0 Å². The van der Waals surface area contributed by atoms with Gasteiger partial charge in [0.1, 0.15) is 17.5 Å². The molecule has 0 aromatic rings. The highest BCUT2D eigenvalue weighted by molar-refractivity contribution is 7.86. The second kappa shape index (κ2) is 21.9. The molecule has 3 aliphatic heterocycles. The number of carbonyl (C=O) groups excluding carboxylic acids is 3. The Hall–Kier alpha value is -2.30. The minimum Gasteiger partial charge on any atom is -0.458 e. The molecule has 14 heteroatoms. The van der Waals surface area contributed by atoms with Crippen LogP contribution in [0.4, 0.5) is 0 Å². The van der Waals surface area contributed by atoms with Crippen molar-refractivity contribution >= 4 is 27.7 Å². The topological polar surface area (TPSA) is 203 Å². The summed E-state index contributed by atoms with van der Waals surface area (Å²) < 4.78 is 49.2. The third-order valence-corrected chi connectivity index (χ3v) is 14.4. The van der Waals surface area contributed by atoms with E-state index in [4.69, 9.17) is 18.4 Å². The van der Waals surface area contributed by atoms with Crippen molar-refractivity contribution in [3.05, 3.63) is 36.5 Å². The first-order valence-corrected chi connectivity index (χ1v) is 23.9. The lowest BCUT2D eigenvalue weighted by atomic mass is 9.74. The third-order valence-electron chi connectivity index (χ3n) is 13.8. The van der Waals surface area contributed by atoms with Crippen LogP contribution in [0.3, 0.4) is 0 Å². The van der Waals surface area contributed by atoms with Crippen molar-refractivity contribution < 1.29 is 61.6 Å². The first-order chi connectivity index (χ1) is 27.8. The smallest absolute Gasteiger partial charge is 0.330 e. The summed E-state index contributed by atoms with van der Waals surface area (Å²) in [7, 11) is -3.68. The van der Waals surface area contributed by atoms with Gasteiger partial charge in [0, 0.05) is 54.4 Å². The number of aliphatic hydroxyl groups is 4. The van der Waals surface area contributed by atoms with Crippen LogP contribution < -0.4 is 0 Å². The van der Waals surface area contributed by atoms with E-state index < -0.39 is 105 Å². The molecule has 2 fully saturated rings. The predicted octanol–water partition coefficient (Wildman–Crippen LogP) is 5.87. The van der Waals surface area contributed by atoms with Gasteiger partial charge in [0.15, 0.2) is 11.6 Å². The van der Waals surface area contributed by atoms with E-state index in [1.54, 1.807) is 20.8 Å². The van der Waals surface area contributed by atoms with Crippen LogP contribution in [0.25, 0.3) is 0 Å². The second-order valence-electron chi connectivity index (χ2n) is 18.7. The second-order valence-corrected chi connectivity index (χ2v) is 20.3. The molecule has 60 heavy (non-hydrogen) atoms. The molecule has 0 aliphatic carbocycles. The van der Waals surface area contributed by atoms with E-state index >= 15 is 0 Å². The van der Waals surface area contributed by atoms with Gasteiger partial charge in [0.2, 0.25) is 0 Å². The summed E-state index contributed by atoms with van der Waals surface area (Å²) in [6.07, 6.45) is 9.53. The molecular formula is C46H76O13S. The predicted molar refractivity (Wildman–Crippen MR) is 229 cm³/mol.